The van der Waals surface area contributed by atoms with Crippen molar-refractivity contribution >= 4 is 29.5 Å². The number of rotatable bonds is 7. The van der Waals surface area contributed by atoms with Gasteiger partial charge in [-0.1, -0.05) is 29.4 Å². The Morgan fingerprint density at radius 3 is 2.73 bits per heavy atom. The lowest BCUT2D eigenvalue weighted by Crippen LogP contribution is -2.19. The summed E-state index contributed by atoms with van der Waals surface area (Å²) in [5, 5.41) is 16.8. The highest BCUT2D eigenvalue weighted by Gasteiger charge is 2.13. The van der Waals surface area contributed by atoms with Crippen LogP contribution in [0.15, 0.2) is 53.7 Å². The van der Waals surface area contributed by atoms with Gasteiger partial charge in [0.1, 0.15) is 0 Å². The Hall–Kier alpha value is -3.75. The van der Waals surface area contributed by atoms with Gasteiger partial charge in [0, 0.05) is 17.7 Å². The van der Waals surface area contributed by atoms with Crippen LogP contribution in [0.3, 0.4) is 0 Å². The fourth-order valence-corrected chi connectivity index (χ4v) is 1.98. The number of esters is 1. The summed E-state index contributed by atoms with van der Waals surface area (Å²) in [6.45, 7) is -0.402. The van der Waals surface area contributed by atoms with Crippen molar-refractivity contribution in [3.63, 3.8) is 0 Å². The van der Waals surface area contributed by atoms with Gasteiger partial charge in [-0.05, 0) is 12.1 Å². The van der Waals surface area contributed by atoms with Crippen LogP contribution in [0.4, 0.5) is 11.4 Å². The van der Waals surface area contributed by atoms with Crippen LogP contribution in [0.5, 0.6) is 0 Å². The number of carbonyl (C=O) groups is 2. The van der Waals surface area contributed by atoms with Crippen molar-refractivity contribution in [3.8, 4) is 0 Å². The van der Waals surface area contributed by atoms with Crippen molar-refractivity contribution in [1.29, 1.82) is 0 Å². The van der Waals surface area contributed by atoms with E-state index in [1.54, 1.807) is 24.3 Å². The Morgan fingerprint density at radius 1 is 1.23 bits per heavy atom. The standard InChI is InChI=1S/C17H15N3O6/c1-25-17(22)14-7-2-3-8-15(14)19-16(21)11-26-18-10-12-5-4-6-13(9-12)20(23)24/h2-10H,11H2,1H3,(H,19,21). The summed E-state index contributed by atoms with van der Waals surface area (Å²) in [6, 6.07) is 12.1. The number of oxime groups is 1. The molecular formula is C17H15N3O6. The molecule has 0 aliphatic heterocycles. The third kappa shape index (κ3) is 5.13. The molecule has 0 saturated carbocycles. The Balaban J connectivity index is 1.91. The van der Waals surface area contributed by atoms with E-state index in [0.29, 0.717) is 5.56 Å². The van der Waals surface area contributed by atoms with Crippen LogP contribution in [0.25, 0.3) is 0 Å². The lowest BCUT2D eigenvalue weighted by atomic mass is 10.2. The van der Waals surface area contributed by atoms with Gasteiger partial charge in [0.25, 0.3) is 11.6 Å². The lowest BCUT2D eigenvalue weighted by Gasteiger charge is -2.08. The molecule has 0 saturated heterocycles. The van der Waals surface area contributed by atoms with Crippen LogP contribution < -0.4 is 5.32 Å². The first kappa shape index (κ1) is 18.6. The van der Waals surface area contributed by atoms with Crippen LogP contribution in [0.1, 0.15) is 15.9 Å². The van der Waals surface area contributed by atoms with Gasteiger partial charge in [-0.25, -0.2) is 4.79 Å². The van der Waals surface area contributed by atoms with Gasteiger partial charge in [0.05, 0.1) is 29.5 Å². The molecule has 0 atom stereocenters. The molecule has 0 aromatic heterocycles. The van der Waals surface area contributed by atoms with E-state index in [-0.39, 0.29) is 16.9 Å². The van der Waals surface area contributed by atoms with Crippen molar-refractivity contribution in [2.45, 2.75) is 0 Å². The van der Waals surface area contributed by atoms with Crippen LogP contribution in [-0.2, 0) is 14.4 Å². The summed E-state index contributed by atoms with van der Waals surface area (Å²) >= 11 is 0. The van der Waals surface area contributed by atoms with Crippen LogP contribution in [-0.4, -0.2) is 36.7 Å². The second kappa shape index (κ2) is 8.92. The molecule has 0 spiro atoms. The molecule has 9 nitrogen and oxygen atoms in total. The van der Waals surface area contributed by atoms with Crippen LogP contribution in [0.2, 0.25) is 0 Å². The van der Waals surface area contributed by atoms with Crippen molar-refractivity contribution in [2.24, 2.45) is 5.16 Å². The highest BCUT2D eigenvalue weighted by atomic mass is 16.6. The number of nitrogens with one attached hydrogen (secondary N) is 1. The first-order valence-electron chi connectivity index (χ1n) is 7.38. The number of amides is 1. The molecule has 1 amide bonds. The molecule has 0 unspecified atom stereocenters. The first-order valence-corrected chi connectivity index (χ1v) is 7.38. The fraction of sp³-hybridized carbons (Fsp3) is 0.118. The molecule has 0 fully saturated rings. The monoisotopic (exact) mass is 357 g/mol. The molecular weight excluding hydrogens is 342 g/mol. The Morgan fingerprint density at radius 2 is 2.00 bits per heavy atom. The second-order valence-electron chi connectivity index (χ2n) is 4.95. The number of anilines is 1. The zero-order valence-electron chi connectivity index (χ0n) is 13.7. The zero-order valence-corrected chi connectivity index (χ0v) is 13.7. The second-order valence-corrected chi connectivity index (χ2v) is 4.95. The maximum atomic E-state index is 11.9. The van der Waals surface area contributed by atoms with Crippen molar-refractivity contribution in [1.82, 2.24) is 0 Å². The van der Waals surface area contributed by atoms with Crippen LogP contribution >= 0.6 is 0 Å². The van der Waals surface area contributed by atoms with Gasteiger partial charge >= 0.3 is 5.97 Å². The first-order chi connectivity index (χ1) is 12.5. The number of methoxy groups -OCH3 is 1. The molecule has 2 rings (SSSR count). The highest BCUT2D eigenvalue weighted by Crippen LogP contribution is 2.16. The normalized spacial score (nSPS) is 10.3. The summed E-state index contributed by atoms with van der Waals surface area (Å²) in [5.41, 5.74) is 0.876. The number of nitro benzene ring substituents is 1. The van der Waals surface area contributed by atoms with E-state index in [4.69, 9.17) is 4.84 Å². The summed E-state index contributed by atoms with van der Waals surface area (Å²) in [4.78, 5) is 38.5. The SMILES string of the molecule is COC(=O)c1ccccc1NC(=O)CON=Cc1cccc([N+](=O)[O-])c1. The molecule has 0 aliphatic rings. The maximum Gasteiger partial charge on any atom is 0.339 e. The van der Waals surface area contributed by atoms with Crippen LogP contribution in [0, 0.1) is 10.1 Å². The number of nitrogens with zero attached hydrogens (tertiary/aromatic N) is 2. The quantitative estimate of drug-likeness (QED) is 0.351. The fourth-order valence-electron chi connectivity index (χ4n) is 1.98. The highest BCUT2D eigenvalue weighted by molar-refractivity contribution is 6.01. The molecule has 1 N–H and O–H groups in total. The molecule has 26 heavy (non-hydrogen) atoms. The molecule has 134 valence electrons. The number of para-hydroxylation sites is 1. The number of benzene rings is 2. The molecule has 2 aromatic rings. The topological polar surface area (TPSA) is 120 Å². The average molecular weight is 357 g/mol. The predicted octanol–water partition coefficient (Wildman–Crippen LogP) is 2.37. The predicted molar refractivity (Wildman–Crippen MR) is 93.1 cm³/mol. The van der Waals surface area contributed by atoms with E-state index in [2.05, 4.69) is 15.2 Å². The van der Waals surface area contributed by atoms with Crippen molar-refractivity contribution in [3.05, 3.63) is 69.8 Å². The number of nitro groups is 1. The van der Waals surface area contributed by atoms with Gasteiger partial charge in [0.2, 0.25) is 0 Å². The molecule has 0 bridgehead atoms. The van der Waals surface area contributed by atoms with E-state index in [9.17, 15) is 19.7 Å². The number of hydrogen-bond donors (Lipinski definition) is 1. The van der Waals surface area contributed by atoms with E-state index < -0.39 is 23.4 Å². The van der Waals surface area contributed by atoms with Crippen molar-refractivity contribution in [2.75, 3.05) is 19.0 Å². The van der Waals surface area contributed by atoms with Gasteiger partial charge in [0.15, 0.2) is 6.61 Å². The Labute approximate surface area is 148 Å². The van der Waals surface area contributed by atoms with Gasteiger partial charge in [-0.15, -0.1) is 0 Å². The number of ether oxygens (including phenoxy) is 1. The Bertz CT molecular complexity index is 850. The zero-order chi connectivity index (χ0) is 18.9. The van der Waals surface area contributed by atoms with Gasteiger partial charge in [-0.3, -0.25) is 14.9 Å². The van der Waals surface area contributed by atoms with Gasteiger partial charge in [-0.2, -0.15) is 0 Å². The molecule has 9 heteroatoms. The van der Waals surface area contributed by atoms with Crippen molar-refractivity contribution < 1.29 is 24.1 Å². The van der Waals surface area contributed by atoms with E-state index >= 15 is 0 Å². The smallest absolute Gasteiger partial charge is 0.339 e. The summed E-state index contributed by atoms with van der Waals surface area (Å²) < 4.78 is 4.64. The number of carbonyl (C=O) groups excluding carboxylic acids is 2. The minimum atomic E-state index is -0.578. The summed E-state index contributed by atoms with van der Waals surface area (Å²) in [6.07, 6.45) is 1.25. The lowest BCUT2D eigenvalue weighted by molar-refractivity contribution is -0.384. The number of hydrogen-bond acceptors (Lipinski definition) is 7. The maximum absolute atomic E-state index is 11.9. The van der Waals surface area contributed by atoms with Gasteiger partial charge < -0.3 is 14.9 Å². The average Bonchev–Trinajstić information content (AvgIpc) is 2.65. The largest absolute Gasteiger partial charge is 0.465 e. The molecule has 2 aromatic carbocycles. The summed E-state index contributed by atoms with van der Waals surface area (Å²) in [5.74, 6) is -1.11. The molecule has 0 aliphatic carbocycles. The third-order valence-corrected chi connectivity index (χ3v) is 3.16. The third-order valence-electron chi connectivity index (χ3n) is 3.16. The Kier molecular flexibility index (Phi) is 6.38. The molecule has 0 radical (unpaired) electrons. The number of non-ortho nitro benzene ring substituents is 1. The van der Waals surface area contributed by atoms with E-state index in [1.165, 1.54) is 37.6 Å². The van der Waals surface area contributed by atoms with E-state index in [0.717, 1.165) is 0 Å². The summed E-state index contributed by atoms with van der Waals surface area (Å²) in [7, 11) is 1.24. The minimum Gasteiger partial charge on any atom is -0.465 e. The minimum absolute atomic E-state index is 0.0777. The van der Waals surface area contributed by atoms with E-state index in [1.807, 2.05) is 0 Å². The molecule has 0 heterocycles.